The van der Waals surface area contributed by atoms with Gasteiger partial charge in [-0.1, -0.05) is 23.4 Å². The van der Waals surface area contributed by atoms with Gasteiger partial charge in [-0.05, 0) is 47.0 Å². The number of rotatable bonds is 1. The number of fused-ring (bicyclic) bond motifs is 1. The van der Waals surface area contributed by atoms with E-state index in [-0.39, 0.29) is 5.91 Å². The lowest BCUT2D eigenvalue weighted by Gasteiger charge is -2.22. The van der Waals surface area contributed by atoms with E-state index in [1.54, 1.807) is 4.90 Å². The minimum Gasteiger partial charge on any atom is -0.411 e. The number of nitrogens with zero attached hydrogens (tertiary/aromatic N) is 2. The van der Waals surface area contributed by atoms with Gasteiger partial charge < -0.3 is 10.1 Å². The predicted octanol–water partition coefficient (Wildman–Crippen LogP) is 4.13. The van der Waals surface area contributed by atoms with Crippen molar-refractivity contribution < 1.29 is 10.0 Å². The molecule has 1 aromatic heterocycles. The molecule has 1 N–H and O–H groups in total. The third kappa shape index (κ3) is 2.73. The van der Waals surface area contributed by atoms with Crippen LogP contribution in [0.2, 0.25) is 0 Å². The number of halogens is 1. The summed E-state index contributed by atoms with van der Waals surface area (Å²) in [6, 6.07) is 11.3. The SMILES string of the molecule is O=C(c1ccc(Br)s1)N1CCC/C(=N/O)c2ccccc21. The summed E-state index contributed by atoms with van der Waals surface area (Å²) in [4.78, 5) is 15.2. The Labute approximate surface area is 134 Å². The Balaban J connectivity index is 2.04. The van der Waals surface area contributed by atoms with Gasteiger partial charge in [0.1, 0.15) is 0 Å². The highest BCUT2D eigenvalue weighted by atomic mass is 79.9. The fourth-order valence-corrected chi connectivity index (χ4v) is 3.82. The molecule has 6 heteroatoms. The van der Waals surface area contributed by atoms with Crippen molar-refractivity contribution in [2.45, 2.75) is 12.8 Å². The number of carbonyl (C=O) groups is 1. The highest BCUT2D eigenvalue weighted by Crippen LogP contribution is 2.30. The van der Waals surface area contributed by atoms with Crippen molar-refractivity contribution in [3.05, 3.63) is 50.6 Å². The van der Waals surface area contributed by atoms with E-state index in [1.807, 2.05) is 36.4 Å². The Morgan fingerprint density at radius 3 is 2.81 bits per heavy atom. The minimum absolute atomic E-state index is 0.0164. The van der Waals surface area contributed by atoms with E-state index in [0.29, 0.717) is 23.6 Å². The molecule has 0 saturated carbocycles. The summed E-state index contributed by atoms with van der Waals surface area (Å²) >= 11 is 4.81. The topological polar surface area (TPSA) is 52.9 Å². The number of para-hydroxylation sites is 1. The lowest BCUT2D eigenvalue weighted by Crippen LogP contribution is -2.31. The quantitative estimate of drug-likeness (QED) is 0.610. The second-order valence-electron chi connectivity index (χ2n) is 4.73. The highest BCUT2D eigenvalue weighted by Gasteiger charge is 2.25. The van der Waals surface area contributed by atoms with E-state index in [9.17, 15) is 10.0 Å². The molecule has 0 atom stereocenters. The van der Waals surface area contributed by atoms with Gasteiger partial charge in [0.05, 0.1) is 20.1 Å². The van der Waals surface area contributed by atoms with Crippen LogP contribution < -0.4 is 4.90 Å². The zero-order valence-corrected chi connectivity index (χ0v) is 13.5. The molecule has 0 spiro atoms. The summed E-state index contributed by atoms with van der Waals surface area (Å²) < 4.78 is 0.937. The van der Waals surface area contributed by atoms with E-state index < -0.39 is 0 Å². The molecule has 0 radical (unpaired) electrons. The molecule has 1 aromatic carbocycles. The Morgan fingerprint density at radius 2 is 2.10 bits per heavy atom. The molecule has 4 nitrogen and oxygen atoms in total. The zero-order valence-electron chi connectivity index (χ0n) is 11.1. The first-order chi connectivity index (χ1) is 10.2. The molecule has 21 heavy (non-hydrogen) atoms. The normalized spacial score (nSPS) is 16.6. The first kappa shape index (κ1) is 14.3. The molecule has 1 aliphatic rings. The van der Waals surface area contributed by atoms with E-state index in [4.69, 9.17) is 0 Å². The Hall–Kier alpha value is -1.66. The standard InChI is InChI=1S/C15H13BrN2O2S/c16-14-8-7-13(21-14)15(19)18-9-3-5-11(17-20)10-4-1-2-6-12(10)18/h1-2,4,6-8,20H,3,5,9H2/b17-11-. The van der Waals surface area contributed by atoms with E-state index in [0.717, 1.165) is 21.5 Å². The van der Waals surface area contributed by atoms with Gasteiger partial charge >= 0.3 is 0 Å². The maximum Gasteiger partial charge on any atom is 0.268 e. The summed E-state index contributed by atoms with van der Waals surface area (Å²) in [7, 11) is 0. The first-order valence-corrected chi connectivity index (χ1v) is 8.19. The Bertz CT molecular complexity index is 711. The molecule has 2 heterocycles. The van der Waals surface area contributed by atoms with Gasteiger partial charge in [-0.3, -0.25) is 4.79 Å². The number of amides is 1. The number of oxime groups is 1. The second kappa shape index (κ2) is 5.99. The van der Waals surface area contributed by atoms with Crippen LogP contribution in [-0.2, 0) is 0 Å². The summed E-state index contributed by atoms with van der Waals surface area (Å²) in [5, 5.41) is 12.6. The maximum absolute atomic E-state index is 12.7. The number of thiophene rings is 1. The van der Waals surface area contributed by atoms with Crippen molar-refractivity contribution in [3.8, 4) is 0 Å². The zero-order chi connectivity index (χ0) is 14.8. The van der Waals surface area contributed by atoms with E-state index in [2.05, 4.69) is 21.1 Å². The van der Waals surface area contributed by atoms with Gasteiger partial charge in [0.15, 0.2) is 0 Å². The molecular formula is C15H13BrN2O2S. The van der Waals surface area contributed by atoms with Crippen molar-refractivity contribution in [3.63, 3.8) is 0 Å². The third-order valence-electron chi connectivity index (χ3n) is 3.45. The number of benzene rings is 1. The maximum atomic E-state index is 12.7. The summed E-state index contributed by atoms with van der Waals surface area (Å²) in [5.41, 5.74) is 2.26. The summed E-state index contributed by atoms with van der Waals surface area (Å²) in [6.07, 6.45) is 1.43. The third-order valence-corrected chi connectivity index (χ3v) is 5.06. The molecule has 2 aromatic rings. The van der Waals surface area contributed by atoms with Crippen molar-refractivity contribution in [1.29, 1.82) is 0 Å². The highest BCUT2D eigenvalue weighted by molar-refractivity contribution is 9.11. The van der Waals surface area contributed by atoms with Crippen LogP contribution in [0.3, 0.4) is 0 Å². The molecule has 1 amide bonds. The van der Waals surface area contributed by atoms with Gasteiger partial charge in [-0.25, -0.2) is 0 Å². The van der Waals surface area contributed by atoms with E-state index >= 15 is 0 Å². The molecule has 0 fully saturated rings. The van der Waals surface area contributed by atoms with Crippen LogP contribution in [0.25, 0.3) is 0 Å². The fraction of sp³-hybridized carbons (Fsp3) is 0.200. The number of anilines is 1. The van der Waals surface area contributed by atoms with Crippen LogP contribution in [0.1, 0.15) is 28.1 Å². The first-order valence-electron chi connectivity index (χ1n) is 6.58. The number of hydrogen-bond acceptors (Lipinski definition) is 4. The van der Waals surface area contributed by atoms with Gasteiger partial charge in [-0.15, -0.1) is 11.3 Å². The molecular weight excluding hydrogens is 352 g/mol. The number of carbonyl (C=O) groups excluding carboxylic acids is 1. The van der Waals surface area contributed by atoms with Crippen LogP contribution in [-0.4, -0.2) is 23.4 Å². The van der Waals surface area contributed by atoms with Gasteiger partial charge in [0, 0.05) is 12.1 Å². The fourth-order valence-electron chi connectivity index (χ4n) is 2.49. The predicted molar refractivity (Wildman–Crippen MR) is 87.7 cm³/mol. The average molecular weight is 365 g/mol. The summed E-state index contributed by atoms with van der Waals surface area (Å²) in [6.45, 7) is 0.615. The molecule has 0 aliphatic carbocycles. The smallest absolute Gasteiger partial charge is 0.268 e. The lowest BCUT2D eigenvalue weighted by atomic mass is 10.1. The monoisotopic (exact) mass is 364 g/mol. The van der Waals surface area contributed by atoms with Crippen LogP contribution in [0.15, 0.2) is 45.3 Å². The molecule has 0 unspecified atom stereocenters. The van der Waals surface area contributed by atoms with Crippen molar-refractivity contribution in [1.82, 2.24) is 0 Å². The average Bonchev–Trinajstić information content (AvgIpc) is 2.84. The van der Waals surface area contributed by atoms with Crippen molar-refractivity contribution in [2.75, 3.05) is 11.4 Å². The Kier molecular flexibility index (Phi) is 4.07. The summed E-state index contributed by atoms with van der Waals surface area (Å²) in [5.74, 6) is -0.0164. The Morgan fingerprint density at radius 1 is 1.29 bits per heavy atom. The van der Waals surface area contributed by atoms with Crippen molar-refractivity contribution in [2.24, 2.45) is 5.16 Å². The molecule has 0 bridgehead atoms. The van der Waals surface area contributed by atoms with Crippen LogP contribution in [0, 0.1) is 0 Å². The van der Waals surface area contributed by atoms with Crippen LogP contribution in [0.4, 0.5) is 5.69 Å². The molecule has 108 valence electrons. The lowest BCUT2D eigenvalue weighted by molar-refractivity contribution is 0.0991. The van der Waals surface area contributed by atoms with Crippen LogP contribution >= 0.6 is 27.3 Å². The number of hydrogen-bond donors (Lipinski definition) is 1. The molecule has 1 aliphatic heterocycles. The van der Waals surface area contributed by atoms with Crippen LogP contribution in [0.5, 0.6) is 0 Å². The van der Waals surface area contributed by atoms with Gasteiger partial charge in [0.2, 0.25) is 0 Å². The molecule has 3 rings (SSSR count). The second-order valence-corrected chi connectivity index (χ2v) is 7.19. The largest absolute Gasteiger partial charge is 0.411 e. The minimum atomic E-state index is -0.0164. The van der Waals surface area contributed by atoms with Gasteiger partial charge in [0.25, 0.3) is 5.91 Å². The van der Waals surface area contributed by atoms with Crippen molar-refractivity contribution >= 4 is 44.6 Å². The molecule has 0 saturated heterocycles. The van der Waals surface area contributed by atoms with Gasteiger partial charge in [-0.2, -0.15) is 0 Å². The van der Waals surface area contributed by atoms with E-state index in [1.165, 1.54) is 11.3 Å².